The minimum absolute atomic E-state index is 0.302. The van der Waals surface area contributed by atoms with Crippen molar-refractivity contribution in [1.29, 1.82) is 5.26 Å². The first-order valence-electron chi connectivity index (χ1n) is 10.1. The second-order valence-corrected chi connectivity index (χ2v) is 8.22. The highest BCUT2D eigenvalue weighted by Gasteiger charge is 2.48. The third kappa shape index (κ3) is 2.44. The van der Waals surface area contributed by atoms with Crippen molar-refractivity contribution in [3.8, 4) is 6.19 Å². The minimum atomic E-state index is -0.682. The molecule has 1 aliphatic carbocycles. The van der Waals surface area contributed by atoms with Crippen LogP contribution < -0.4 is 9.91 Å². The average molecular weight is 439 g/mol. The number of fused-ring (bicyclic) bond motifs is 6. The van der Waals surface area contributed by atoms with Crippen molar-refractivity contribution in [3.05, 3.63) is 47.7 Å². The van der Waals surface area contributed by atoms with E-state index in [1.807, 2.05) is 34.2 Å². The number of rotatable bonds is 3. The van der Waals surface area contributed by atoms with Crippen molar-refractivity contribution in [2.24, 2.45) is 4.99 Å². The molecular formula is C20H19ClN8O2. The Morgan fingerprint density at radius 3 is 2.87 bits per heavy atom. The van der Waals surface area contributed by atoms with E-state index < -0.39 is 11.2 Å². The molecular weight excluding hydrogens is 420 g/mol. The van der Waals surface area contributed by atoms with Crippen LogP contribution >= 0.6 is 11.6 Å². The van der Waals surface area contributed by atoms with Crippen LogP contribution in [0.15, 0.2) is 45.8 Å². The summed E-state index contributed by atoms with van der Waals surface area (Å²) in [4.78, 5) is 12.7. The van der Waals surface area contributed by atoms with Crippen molar-refractivity contribution < 1.29 is 9.26 Å². The second-order valence-electron chi connectivity index (χ2n) is 7.83. The number of halogens is 1. The Balaban J connectivity index is 1.42. The summed E-state index contributed by atoms with van der Waals surface area (Å²) in [6, 6.07) is 8.16. The van der Waals surface area contributed by atoms with Gasteiger partial charge in [-0.25, -0.2) is 19.9 Å². The summed E-state index contributed by atoms with van der Waals surface area (Å²) in [5.41, 5.74) is 0.617. The van der Waals surface area contributed by atoms with Gasteiger partial charge in [-0.15, -0.1) is 0 Å². The molecule has 0 N–H and O–H groups in total. The first kappa shape index (κ1) is 18.5. The zero-order valence-corrected chi connectivity index (χ0v) is 17.5. The number of aliphatic imine (C=N–C) groups is 1. The van der Waals surface area contributed by atoms with Crippen LogP contribution in [0.4, 0.5) is 11.7 Å². The van der Waals surface area contributed by atoms with E-state index in [1.165, 1.54) is 4.90 Å². The molecule has 31 heavy (non-hydrogen) atoms. The summed E-state index contributed by atoms with van der Waals surface area (Å²) in [7, 11) is 1.69. The standard InChI is InChI=1S/C20H19ClN8O2/c1-30-20(8-4-5-9-20)17-24-19(31-25-17)27-12-23-16-13-6-2-3-7-14(13)28-15(29(16)27)10-26(11-22)18(28)21/h2-3,6-7,10,18H,4-5,8-9,12H2,1H3. The fraction of sp³-hybridized carbons (Fsp3) is 0.400. The summed E-state index contributed by atoms with van der Waals surface area (Å²) in [6.45, 7) is 0.302. The molecule has 3 aliphatic heterocycles. The topological polar surface area (TPSA) is 97.3 Å². The molecule has 11 heteroatoms. The number of ether oxygens (including phenoxy) is 1. The molecule has 4 aliphatic rings. The number of aromatic nitrogens is 2. The molecule has 1 unspecified atom stereocenters. The quantitative estimate of drug-likeness (QED) is 0.407. The highest BCUT2D eigenvalue weighted by atomic mass is 35.5. The van der Waals surface area contributed by atoms with Gasteiger partial charge in [0.05, 0.1) is 11.9 Å². The number of alkyl halides is 1. The third-order valence-electron chi connectivity index (χ3n) is 6.32. The van der Waals surface area contributed by atoms with Crippen molar-refractivity contribution in [1.82, 2.24) is 20.0 Å². The van der Waals surface area contributed by atoms with E-state index >= 15 is 0 Å². The van der Waals surface area contributed by atoms with E-state index in [2.05, 4.69) is 16.3 Å². The molecule has 0 amide bonds. The number of para-hydroxylation sites is 1. The smallest absolute Gasteiger partial charge is 0.345 e. The Bertz CT molecular complexity index is 1150. The Kier molecular flexibility index (Phi) is 3.94. The normalized spacial score (nSPS) is 23.3. The molecule has 1 aromatic heterocycles. The first-order valence-corrected chi connectivity index (χ1v) is 10.5. The molecule has 4 heterocycles. The van der Waals surface area contributed by atoms with Gasteiger partial charge in [-0.1, -0.05) is 28.9 Å². The summed E-state index contributed by atoms with van der Waals surface area (Å²) < 4.78 is 11.5. The van der Waals surface area contributed by atoms with Gasteiger partial charge >= 0.3 is 6.01 Å². The van der Waals surface area contributed by atoms with Crippen molar-refractivity contribution in [2.75, 3.05) is 23.7 Å². The summed E-state index contributed by atoms with van der Waals surface area (Å²) in [5, 5.41) is 17.5. The molecule has 158 valence electrons. The SMILES string of the molecule is COC1(c2noc(N3CN=C4c5ccccc5N5C(=CN(C#N)C5Cl)N43)n2)CCCC1. The minimum Gasteiger partial charge on any atom is -0.370 e. The monoisotopic (exact) mass is 438 g/mol. The van der Waals surface area contributed by atoms with Gasteiger partial charge in [-0.3, -0.25) is 4.90 Å². The summed E-state index contributed by atoms with van der Waals surface area (Å²) in [5.74, 6) is 1.99. The fourth-order valence-electron chi connectivity index (χ4n) is 4.75. The number of hydrogen-bond acceptors (Lipinski definition) is 10. The molecule has 1 atom stereocenters. The lowest BCUT2D eigenvalue weighted by molar-refractivity contribution is -0.0178. The van der Waals surface area contributed by atoms with Crippen LogP contribution in [-0.4, -0.2) is 45.3 Å². The second kappa shape index (κ2) is 6.60. The Hall–Kier alpha value is -3.29. The number of hydrazine groups is 1. The molecule has 0 spiro atoms. The van der Waals surface area contributed by atoms with E-state index in [4.69, 9.17) is 25.9 Å². The predicted octanol–water partition coefficient (Wildman–Crippen LogP) is 2.86. The lowest BCUT2D eigenvalue weighted by Gasteiger charge is -2.40. The van der Waals surface area contributed by atoms with Gasteiger partial charge in [0, 0.05) is 12.7 Å². The number of anilines is 2. The molecule has 1 fully saturated rings. The van der Waals surface area contributed by atoms with Gasteiger partial charge in [0.1, 0.15) is 12.3 Å². The number of hydrogen-bond donors (Lipinski definition) is 0. The number of methoxy groups -OCH3 is 1. The van der Waals surface area contributed by atoms with Gasteiger partial charge in [-0.05, 0) is 37.8 Å². The maximum atomic E-state index is 9.54. The van der Waals surface area contributed by atoms with E-state index in [-0.39, 0.29) is 0 Å². The van der Waals surface area contributed by atoms with Crippen molar-refractivity contribution >= 4 is 29.1 Å². The van der Waals surface area contributed by atoms with E-state index in [1.54, 1.807) is 18.3 Å². The van der Waals surface area contributed by atoms with Crippen LogP contribution in [0, 0.1) is 11.5 Å². The van der Waals surface area contributed by atoms with Gasteiger partial charge in [0.15, 0.2) is 23.5 Å². The van der Waals surface area contributed by atoms with Crippen molar-refractivity contribution in [2.45, 2.75) is 36.9 Å². The number of amidine groups is 1. The summed E-state index contributed by atoms with van der Waals surface area (Å²) in [6.07, 6.45) is 7.69. The molecule has 1 aromatic carbocycles. The molecule has 1 saturated carbocycles. The number of benzene rings is 1. The number of nitriles is 1. The Morgan fingerprint density at radius 1 is 1.29 bits per heavy atom. The average Bonchev–Trinajstić information content (AvgIpc) is 3.58. The third-order valence-corrected chi connectivity index (χ3v) is 6.73. The van der Waals surface area contributed by atoms with Crippen LogP contribution in [0.1, 0.15) is 37.1 Å². The largest absolute Gasteiger partial charge is 0.370 e. The lowest BCUT2D eigenvalue weighted by Crippen LogP contribution is -2.50. The summed E-state index contributed by atoms with van der Waals surface area (Å²) >= 11 is 6.62. The van der Waals surface area contributed by atoms with Gasteiger partial charge in [0.2, 0.25) is 5.82 Å². The van der Waals surface area contributed by atoms with Gasteiger partial charge in [0.25, 0.3) is 0 Å². The van der Waals surface area contributed by atoms with Crippen LogP contribution in [0.25, 0.3) is 0 Å². The van der Waals surface area contributed by atoms with Crippen molar-refractivity contribution in [3.63, 3.8) is 0 Å². The number of nitrogens with zero attached hydrogens (tertiary/aromatic N) is 8. The molecule has 0 radical (unpaired) electrons. The van der Waals surface area contributed by atoms with Crippen LogP contribution in [0.5, 0.6) is 0 Å². The van der Waals surface area contributed by atoms with Gasteiger partial charge in [-0.2, -0.15) is 10.2 Å². The molecule has 6 rings (SSSR count). The Labute approximate surface area is 183 Å². The maximum absolute atomic E-state index is 9.54. The molecule has 0 saturated heterocycles. The maximum Gasteiger partial charge on any atom is 0.345 e. The molecule has 0 bridgehead atoms. The zero-order chi connectivity index (χ0) is 21.2. The van der Waals surface area contributed by atoms with E-state index in [9.17, 15) is 5.26 Å². The fourth-order valence-corrected chi connectivity index (χ4v) is 5.06. The van der Waals surface area contributed by atoms with E-state index in [0.717, 1.165) is 42.8 Å². The van der Waals surface area contributed by atoms with Gasteiger partial charge < -0.3 is 9.26 Å². The predicted molar refractivity (Wildman–Crippen MR) is 111 cm³/mol. The first-order chi connectivity index (χ1) is 15.2. The lowest BCUT2D eigenvalue weighted by atomic mass is 10.0. The van der Waals surface area contributed by atoms with Crippen LogP contribution in [-0.2, 0) is 10.3 Å². The van der Waals surface area contributed by atoms with E-state index in [0.29, 0.717) is 24.3 Å². The van der Waals surface area contributed by atoms with Crippen LogP contribution in [0.2, 0.25) is 0 Å². The Morgan fingerprint density at radius 2 is 2.10 bits per heavy atom. The highest BCUT2D eigenvalue weighted by Crippen LogP contribution is 2.44. The zero-order valence-electron chi connectivity index (χ0n) is 16.8. The molecule has 10 nitrogen and oxygen atoms in total. The highest BCUT2D eigenvalue weighted by molar-refractivity contribution is 6.23. The van der Waals surface area contributed by atoms with Crippen LogP contribution in [0.3, 0.4) is 0 Å². The molecule has 2 aromatic rings.